The Labute approximate surface area is 67.3 Å². The summed E-state index contributed by atoms with van der Waals surface area (Å²) in [6, 6.07) is 0. The topological polar surface area (TPSA) is 45.0 Å². The molecule has 1 N–H and O–H groups in total. The minimum absolute atomic E-state index is 0.101. The summed E-state index contributed by atoms with van der Waals surface area (Å²) in [6.45, 7) is 0.740. The van der Waals surface area contributed by atoms with Crippen LogP contribution < -0.4 is 5.32 Å². The summed E-state index contributed by atoms with van der Waals surface area (Å²) in [5.41, 5.74) is 0.101. The molecule has 0 bridgehead atoms. The van der Waals surface area contributed by atoms with Crippen LogP contribution >= 0.6 is 0 Å². The van der Waals surface area contributed by atoms with E-state index in [0.29, 0.717) is 0 Å². The molecule has 1 fully saturated rings. The van der Waals surface area contributed by atoms with Crippen LogP contribution in [-0.4, -0.2) is 19.3 Å². The molecular formula is C8H14N2O. The SMILES string of the molecule is COC1(CCNC#N)CCC1. The summed E-state index contributed by atoms with van der Waals surface area (Å²) < 4.78 is 5.37. The number of methoxy groups -OCH3 is 1. The van der Waals surface area contributed by atoms with Gasteiger partial charge in [-0.3, -0.25) is 0 Å². The quantitative estimate of drug-likeness (QED) is 0.373. The Morgan fingerprint density at radius 3 is 2.73 bits per heavy atom. The maximum atomic E-state index is 8.22. The van der Waals surface area contributed by atoms with E-state index in [-0.39, 0.29) is 5.60 Å². The van der Waals surface area contributed by atoms with Crippen LogP contribution in [0.15, 0.2) is 0 Å². The van der Waals surface area contributed by atoms with Crippen molar-refractivity contribution in [3.05, 3.63) is 0 Å². The van der Waals surface area contributed by atoms with Crippen LogP contribution in [0.1, 0.15) is 25.7 Å². The van der Waals surface area contributed by atoms with Gasteiger partial charge < -0.3 is 10.1 Å². The van der Waals surface area contributed by atoms with Gasteiger partial charge in [0.1, 0.15) is 0 Å². The smallest absolute Gasteiger partial charge is 0.176 e. The number of hydrogen-bond donors (Lipinski definition) is 1. The van der Waals surface area contributed by atoms with Gasteiger partial charge in [0.15, 0.2) is 6.19 Å². The van der Waals surface area contributed by atoms with Crippen LogP contribution in [-0.2, 0) is 4.74 Å². The third-order valence-electron chi connectivity index (χ3n) is 2.48. The minimum Gasteiger partial charge on any atom is -0.378 e. The highest BCUT2D eigenvalue weighted by atomic mass is 16.5. The fourth-order valence-corrected chi connectivity index (χ4v) is 1.47. The van der Waals surface area contributed by atoms with Crippen LogP contribution in [0.4, 0.5) is 0 Å². The predicted molar refractivity (Wildman–Crippen MR) is 41.8 cm³/mol. The van der Waals surface area contributed by atoms with E-state index in [1.165, 1.54) is 6.42 Å². The molecule has 0 spiro atoms. The average molecular weight is 154 g/mol. The van der Waals surface area contributed by atoms with Crippen molar-refractivity contribution in [1.82, 2.24) is 5.32 Å². The normalized spacial score (nSPS) is 20.0. The van der Waals surface area contributed by atoms with Crippen molar-refractivity contribution in [3.63, 3.8) is 0 Å². The van der Waals surface area contributed by atoms with E-state index < -0.39 is 0 Å². The predicted octanol–water partition coefficient (Wildman–Crippen LogP) is 1.02. The summed E-state index contributed by atoms with van der Waals surface area (Å²) in [7, 11) is 1.76. The highest BCUT2D eigenvalue weighted by Gasteiger charge is 2.36. The van der Waals surface area contributed by atoms with E-state index in [2.05, 4.69) is 5.32 Å². The summed E-state index contributed by atoms with van der Waals surface area (Å²) in [6.07, 6.45) is 6.43. The summed E-state index contributed by atoms with van der Waals surface area (Å²) in [4.78, 5) is 0. The second kappa shape index (κ2) is 3.59. The first-order valence-corrected chi connectivity index (χ1v) is 4.00. The van der Waals surface area contributed by atoms with Crippen LogP contribution in [0.5, 0.6) is 0 Å². The monoisotopic (exact) mass is 154 g/mol. The molecule has 0 radical (unpaired) electrons. The molecule has 0 aromatic carbocycles. The van der Waals surface area contributed by atoms with Crippen molar-refractivity contribution in [1.29, 1.82) is 5.26 Å². The Bertz CT molecular complexity index is 152. The van der Waals surface area contributed by atoms with Crippen molar-refractivity contribution in [2.45, 2.75) is 31.3 Å². The lowest BCUT2D eigenvalue weighted by Gasteiger charge is -2.40. The molecule has 1 saturated carbocycles. The molecule has 0 saturated heterocycles. The van der Waals surface area contributed by atoms with Gasteiger partial charge in [-0.15, -0.1) is 0 Å². The standard InChI is InChI=1S/C8H14N2O/c1-11-8(3-2-4-8)5-6-10-7-9/h10H,2-6H2,1H3. The number of nitrogens with one attached hydrogen (secondary N) is 1. The summed E-state index contributed by atoms with van der Waals surface area (Å²) in [5, 5.41) is 10.9. The molecule has 1 aliphatic carbocycles. The number of rotatable bonds is 4. The van der Waals surface area contributed by atoms with Gasteiger partial charge in [-0.2, -0.15) is 5.26 Å². The molecule has 3 nitrogen and oxygen atoms in total. The van der Waals surface area contributed by atoms with Crippen molar-refractivity contribution in [3.8, 4) is 6.19 Å². The molecule has 0 atom stereocenters. The second-order valence-electron chi connectivity index (χ2n) is 3.03. The Morgan fingerprint density at radius 1 is 1.64 bits per heavy atom. The van der Waals surface area contributed by atoms with Gasteiger partial charge in [-0.05, 0) is 25.7 Å². The van der Waals surface area contributed by atoms with E-state index in [1.54, 1.807) is 7.11 Å². The van der Waals surface area contributed by atoms with E-state index in [0.717, 1.165) is 25.8 Å². The van der Waals surface area contributed by atoms with Crippen LogP contribution in [0, 0.1) is 11.5 Å². The highest BCUT2D eigenvalue weighted by Crippen LogP contribution is 2.37. The molecule has 11 heavy (non-hydrogen) atoms. The van der Waals surface area contributed by atoms with Gasteiger partial charge in [0.05, 0.1) is 5.60 Å². The van der Waals surface area contributed by atoms with E-state index >= 15 is 0 Å². The third-order valence-corrected chi connectivity index (χ3v) is 2.48. The highest BCUT2D eigenvalue weighted by molar-refractivity contribution is 4.90. The Balaban J connectivity index is 2.17. The molecular weight excluding hydrogens is 140 g/mol. The van der Waals surface area contributed by atoms with Crippen molar-refractivity contribution >= 4 is 0 Å². The van der Waals surface area contributed by atoms with Gasteiger partial charge in [0.25, 0.3) is 0 Å². The first-order valence-electron chi connectivity index (χ1n) is 4.00. The molecule has 0 aromatic rings. The lowest BCUT2D eigenvalue weighted by Crippen LogP contribution is -2.41. The molecule has 0 aliphatic heterocycles. The number of hydrogen-bond acceptors (Lipinski definition) is 3. The Morgan fingerprint density at radius 2 is 2.36 bits per heavy atom. The van der Waals surface area contributed by atoms with Crippen LogP contribution in [0.25, 0.3) is 0 Å². The van der Waals surface area contributed by atoms with E-state index in [9.17, 15) is 0 Å². The van der Waals surface area contributed by atoms with Crippen molar-refractivity contribution in [2.24, 2.45) is 0 Å². The van der Waals surface area contributed by atoms with Crippen LogP contribution in [0.2, 0.25) is 0 Å². The third kappa shape index (κ3) is 1.84. The number of ether oxygens (including phenoxy) is 1. The van der Waals surface area contributed by atoms with Gasteiger partial charge in [-0.25, -0.2) is 0 Å². The van der Waals surface area contributed by atoms with E-state index in [4.69, 9.17) is 10.00 Å². The first kappa shape index (κ1) is 8.35. The number of nitrogens with zero attached hydrogens (tertiary/aromatic N) is 1. The summed E-state index contributed by atoms with van der Waals surface area (Å²) in [5.74, 6) is 0. The van der Waals surface area contributed by atoms with Gasteiger partial charge >= 0.3 is 0 Å². The number of nitriles is 1. The van der Waals surface area contributed by atoms with Crippen molar-refractivity contribution in [2.75, 3.05) is 13.7 Å². The maximum Gasteiger partial charge on any atom is 0.176 e. The lowest BCUT2D eigenvalue weighted by atomic mass is 9.77. The zero-order chi connectivity index (χ0) is 8.16. The first-order chi connectivity index (χ1) is 5.33. The van der Waals surface area contributed by atoms with E-state index in [1.807, 2.05) is 6.19 Å². The molecule has 0 amide bonds. The maximum absolute atomic E-state index is 8.22. The zero-order valence-electron chi connectivity index (χ0n) is 6.89. The van der Waals surface area contributed by atoms with Gasteiger partial charge in [0.2, 0.25) is 0 Å². The molecule has 3 heteroatoms. The summed E-state index contributed by atoms with van der Waals surface area (Å²) >= 11 is 0. The van der Waals surface area contributed by atoms with Crippen molar-refractivity contribution < 1.29 is 4.74 Å². The fourth-order valence-electron chi connectivity index (χ4n) is 1.47. The van der Waals surface area contributed by atoms with Gasteiger partial charge in [0, 0.05) is 13.7 Å². The van der Waals surface area contributed by atoms with Crippen LogP contribution in [0.3, 0.4) is 0 Å². The molecule has 1 rings (SSSR count). The van der Waals surface area contributed by atoms with Gasteiger partial charge in [-0.1, -0.05) is 0 Å². The average Bonchev–Trinajstić information content (AvgIpc) is 1.95. The lowest BCUT2D eigenvalue weighted by molar-refractivity contribution is -0.0762. The molecule has 0 heterocycles. The molecule has 62 valence electrons. The fraction of sp³-hybridized carbons (Fsp3) is 0.875. The zero-order valence-corrected chi connectivity index (χ0v) is 6.89. The largest absolute Gasteiger partial charge is 0.378 e. The molecule has 0 unspecified atom stereocenters. The Hall–Kier alpha value is -0.750. The molecule has 0 aromatic heterocycles. The minimum atomic E-state index is 0.101. The molecule has 1 aliphatic rings. The second-order valence-corrected chi connectivity index (χ2v) is 3.03. The Kier molecular flexibility index (Phi) is 2.72.